The Morgan fingerprint density at radius 1 is 1.00 bits per heavy atom. The predicted molar refractivity (Wildman–Crippen MR) is 95.4 cm³/mol. The summed E-state index contributed by atoms with van der Waals surface area (Å²) in [6.45, 7) is 1.37. The van der Waals surface area contributed by atoms with Crippen molar-refractivity contribution in [3.05, 3.63) is 59.4 Å². The molecule has 1 N–H and O–H groups in total. The number of nitrogens with zero attached hydrogens (tertiary/aromatic N) is 2. The quantitative estimate of drug-likeness (QED) is 0.713. The fourth-order valence-corrected chi connectivity index (χ4v) is 3.28. The maximum absolute atomic E-state index is 5.45. The molecule has 24 heavy (non-hydrogen) atoms. The van der Waals surface area contributed by atoms with Crippen molar-refractivity contribution in [1.29, 1.82) is 0 Å². The van der Waals surface area contributed by atoms with Crippen molar-refractivity contribution in [2.75, 3.05) is 14.2 Å². The van der Waals surface area contributed by atoms with Crippen LogP contribution in [0.1, 0.15) is 10.6 Å². The van der Waals surface area contributed by atoms with Crippen LogP contribution in [0.2, 0.25) is 0 Å². The molecule has 0 atom stereocenters. The molecule has 0 bridgehead atoms. The molecule has 5 nitrogen and oxygen atoms in total. The van der Waals surface area contributed by atoms with Crippen LogP contribution >= 0.6 is 11.3 Å². The predicted octanol–water partition coefficient (Wildman–Crippen LogP) is 3.51. The average molecular weight is 341 g/mol. The van der Waals surface area contributed by atoms with E-state index in [9.17, 15) is 0 Å². The van der Waals surface area contributed by atoms with Gasteiger partial charge in [0.25, 0.3) is 0 Å². The first-order chi connectivity index (χ1) is 11.8. The number of hydrogen-bond acceptors (Lipinski definition) is 6. The zero-order chi connectivity index (χ0) is 16.8. The molecule has 0 aliphatic rings. The standard InChI is InChI=1S/C18H19N3O2S/c1-22-15-8-5-6-13(18(15)23-2)10-19-12-17-21-11-16(24-17)14-7-3-4-9-20-14/h3-9,11,19H,10,12H2,1-2H3. The summed E-state index contributed by atoms with van der Waals surface area (Å²) in [5, 5.41) is 4.43. The highest BCUT2D eigenvalue weighted by Crippen LogP contribution is 2.30. The van der Waals surface area contributed by atoms with Gasteiger partial charge in [0.2, 0.25) is 0 Å². The van der Waals surface area contributed by atoms with E-state index < -0.39 is 0 Å². The van der Waals surface area contributed by atoms with Crippen molar-refractivity contribution in [3.63, 3.8) is 0 Å². The summed E-state index contributed by atoms with van der Waals surface area (Å²) in [5.74, 6) is 1.50. The van der Waals surface area contributed by atoms with Crippen LogP contribution < -0.4 is 14.8 Å². The average Bonchev–Trinajstić information content (AvgIpc) is 3.11. The third kappa shape index (κ3) is 3.72. The monoisotopic (exact) mass is 341 g/mol. The molecule has 3 aromatic rings. The van der Waals surface area contributed by atoms with Crippen LogP contribution in [0.5, 0.6) is 11.5 Å². The number of benzene rings is 1. The van der Waals surface area contributed by atoms with Crippen LogP contribution in [0.15, 0.2) is 48.8 Å². The van der Waals surface area contributed by atoms with Gasteiger partial charge in [-0.3, -0.25) is 4.98 Å². The van der Waals surface area contributed by atoms with Crippen LogP contribution in [0.4, 0.5) is 0 Å². The van der Waals surface area contributed by atoms with Crippen LogP contribution in [0.3, 0.4) is 0 Å². The Kier molecular flexibility index (Phi) is 5.40. The largest absolute Gasteiger partial charge is 0.493 e. The molecule has 0 unspecified atom stereocenters. The highest BCUT2D eigenvalue weighted by molar-refractivity contribution is 7.15. The van der Waals surface area contributed by atoms with Crippen LogP contribution in [0.25, 0.3) is 10.6 Å². The van der Waals surface area contributed by atoms with Crippen molar-refractivity contribution in [1.82, 2.24) is 15.3 Å². The van der Waals surface area contributed by atoms with Crippen molar-refractivity contribution in [3.8, 4) is 22.1 Å². The molecule has 6 heteroatoms. The minimum atomic E-state index is 0.679. The first-order valence-electron chi connectivity index (χ1n) is 7.58. The molecule has 3 rings (SSSR count). The van der Waals surface area contributed by atoms with Gasteiger partial charge in [-0.25, -0.2) is 4.98 Å². The van der Waals surface area contributed by atoms with Crippen LogP contribution in [-0.4, -0.2) is 24.2 Å². The highest BCUT2D eigenvalue weighted by Gasteiger charge is 2.10. The lowest BCUT2D eigenvalue weighted by Gasteiger charge is -2.12. The molecule has 0 aliphatic carbocycles. The number of hydrogen-bond donors (Lipinski definition) is 1. The van der Waals surface area contributed by atoms with Gasteiger partial charge in [-0.05, 0) is 18.2 Å². The minimum absolute atomic E-state index is 0.679. The third-order valence-electron chi connectivity index (χ3n) is 3.55. The van der Waals surface area contributed by atoms with E-state index in [4.69, 9.17) is 9.47 Å². The van der Waals surface area contributed by atoms with E-state index in [1.807, 2.05) is 42.6 Å². The Balaban J connectivity index is 1.63. The van der Waals surface area contributed by atoms with Gasteiger partial charge in [0.05, 0.1) is 24.8 Å². The Morgan fingerprint density at radius 2 is 1.92 bits per heavy atom. The van der Waals surface area contributed by atoms with Crippen molar-refractivity contribution < 1.29 is 9.47 Å². The lowest BCUT2D eigenvalue weighted by Crippen LogP contribution is -2.13. The van der Waals surface area contributed by atoms with Gasteiger partial charge < -0.3 is 14.8 Å². The topological polar surface area (TPSA) is 56.3 Å². The third-order valence-corrected chi connectivity index (χ3v) is 4.57. The number of pyridine rings is 1. The van der Waals surface area contributed by atoms with Gasteiger partial charge >= 0.3 is 0 Å². The van der Waals surface area contributed by atoms with E-state index >= 15 is 0 Å². The van der Waals surface area contributed by atoms with E-state index in [0.717, 1.165) is 32.6 Å². The highest BCUT2D eigenvalue weighted by atomic mass is 32.1. The number of rotatable bonds is 7. The number of methoxy groups -OCH3 is 2. The molecule has 0 radical (unpaired) electrons. The summed E-state index contributed by atoms with van der Waals surface area (Å²) in [7, 11) is 3.30. The second-order valence-electron chi connectivity index (χ2n) is 5.09. The van der Waals surface area contributed by atoms with Crippen LogP contribution in [0, 0.1) is 0 Å². The van der Waals surface area contributed by atoms with E-state index in [2.05, 4.69) is 15.3 Å². The molecule has 0 fully saturated rings. The van der Waals surface area contributed by atoms with E-state index in [0.29, 0.717) is 13.1 Å². The Bertz CT molecular complexity index is 790. The molecule has 0 amide bonds. The Labute approximate surface area is 145 Å². The number of nitrogens with one attached hydrogen (secondary N) is 1. The smallest absolute Gasteiger partial charge is 0.165 e. The molecule has 2 heterocycles. The molecule has 0 saturated heterocycles. The first kappa shape index (κ1) is 16.4. The van der Waals surface area contributed by atoms with Crippen molar-refractivity contribution in [2.24, 2.45) is 0 Å². The minimum Gasteiger partial charge on any atom is -0.493 e. The molecule has 1 aromatic carbocycles. The summed E-state index contributed by atoms with van der Waals surface area (Å²) >= 11 is 1.65. The first-order valence-corrected chi connectivity index (χ1v) is 8.40. The van der Waals surface area contributed by atoms with E-state index in [1.165, 1.54) is 0 Å². The lowest BCUT2D eigenvalue weighted by atomic mass is 10.2. The number of thiazole rings is 1. The number of ether oxygens (including phenoxy) is 2. The fraction of sp³-hybridized carbons (Fsp3) is 0.222. The van der Waals surface area contributed by atoms with Gasteiger partial charge in [0, 0.05) is 31.0 Å². The summed E-state index contributed by atoms with van der Waals surface area (Å²) in [6, 6.07) is 11.8. The van der Waals surface area contributed by atoms with Crippen molar-refractivity contribution >= 4 is 11.3 Å². The van der Waals surface area contributed by atoms with Crippen molar-refractivity contribution in [2.45, 2.75) is 13.1 Å². The summed E-state index contributed by atoms with van der Waals surface area (Å²) < 4.78 is 10.8. The second-order valence-corrected chi connectivity index (χ2v) is 6.20. The zero-order valence-electron chi connectivity index (χ0n) is 13.7. The Hall–Kier alpha value is -2.44. The second kappa shape index (κ2) is 7.90. The van der Waals surface area contributed by atoms with Gasteiger partial charge in [0.1, 0.15) is 5.01 Å². The van der Waals surface area contributed by atoms with Gasteiger partial charge in [-0.15, -0.1) is 11.3 Å². The van der Waals surface area contributed by atoms with E-state index in [-0.39, 0.29) is 0 Å². The van der Waals surface area contributed by atoms with Crippen LogP contribution in [-0.2, 0) is 13.1 Å². The molecular formula is C18H19N3O2S. The zero-order valence-corrected chi connectivity index (χ0v) is 14.5. The Morgan fingerprint density at radius 3 is 2.67 bits per heavy atom. The summed E-state index contributed by atoms with van der Waals surface area (Å²) in [6.07, 6.45) is 3.66. The molecular weight excluding hydrogens is 322 g/mol. The summed E-state index contributed by atoms with van der Waals surface area (Å²) in [4.78, 5) is 9.89. The van der Waals surface area contributed by atoms with Gasteiger partial charge in [-0.2, -0.15) is 0 Å². The normalized spacial score (nSPS) is 10.6. The summed E-state index contributed by atoms with van der Waals surface area (Å²) in [5.41, 5.74) is 2.01. The SMILES string of the molecule is COc1cccc(CNCc2ncc(-c3ccccn3)s2)c1OC. The van der Waals surface area contributed by atoms with E-state index in [1.54, 1.807) is 31.8 Å². The molecule has 124 valence electrons. The maximum Gasteiger partial charge on any atom is 0.165 e. The number of para-hydroxylation sites is 1. The van der Waals surface area contributed by atoms with Gasteiger partial charge in [0.15, 0.2) is 11.5 Å². The molecule has 0 spiro atoms. The molecule has 0 saturated carbocycles. The molecule has 0 aliphatic heterocycles. The lowest BCUT2D eigenvalue weighted by molar-refractivity contribution is 0.350. The van der Waals surface area contributed by atoms with Gasteiger partial charge in [-0.1, -0.05) is 18.2 Å². The number of aromatic nitrogens is 2. The molecule has 2 aromatic heterocycles. The fourth-order valence-electron chi connectivity index (χ4n) is 2.42. The maximum atomic E-state index is 5.45.